The highest BCUT2D eigenvalue weighted by Gasteiger charge is 2.67. The van der Waals surface area contributed by atoms with E-state index in [9.17, 15) is 26.8 Å². The van der Waals surface area contributed by atoms with Gasteiger partial charge in [-0.05, 0) is 12.0 Å². The first-order valence-corrected chi connectivity index (χ1v) is 5.16. The Labute approximate surface area is 105 Å². The molecule has 0 unspecified atom stereocenters. The fourth-order valence-electron chi connectivity index (χ4n) is 1.39. The Bertz CT molecular complexity index is 436. The Kier molecular flexibility index (Phi) is 4.46. The second kappa shape index (κ2) is 5.52. The number of carboxylic acids is 1. The van der Waals surface area contributed by atoms with Crippen molar-refractivity contribution in [2.75, 3.05) is 6.54 Å². The molecule has 19 heavy (non-hydrogen) atoms. The number of carboxylic acid groups (broad SMARTS) is 1. The van der Waals surface area contributed by atoms with Crippen molar-refractivity contribution in [2.24, 2.45) is 0 Å². The molecule has 0 radical (unpaired) electrons. The van der Waals surface area contributed by atoms with E-state index in [4.69, 9.17) is 5.11 Å². The van der Waals surface area contributed by atoms with Gasteiger partial charge in [0.25, 0.3) is 0 Å². The van der Waals surface area contributed by atoms with E-state index in [0.29, 0.717) is 5.56 Å². The van der Waals surface area contributed by atoms with Crippen LogP contribution in [0.4, 0.5) is 22.0 Å². The molecule has 0 amide bonds. The highest BCUT2D eigenvalue weighted by Crippen LogP contribution is 2.37. The molecule has 1 rings (SSSR count). The zero-order chi connectivity index (χ0) is 14.7. The number of hydrogen-bond donors (Lipinski definition) is 1. The maximum atomic E-state index is 13.3. The normalized spacial score (nSPS) is 15.3. The highest BCUT2D eigenvalue weighted by atomic mass is 19.4. The summed E-state index contributed by atoms with van der Waals surface area (Å²) in [4.78, 5) is 10.3. The minimum atomic E-state index is -5.87. The highest BCUT2D eigenvalue weighted by molar-refractivity contribution is 5.77. The summed E-state index contributed by atoms with van der Waals surface area (Å²) in [6.07, 6.45) is -6.13. The lowest BCUT2D eigenvalue weighted by atomic mass is 10.1. The van der Waals surface area contributed by atoms with E-state index >= 15 is 0 Å². The van der Waals surface area contributed by atoms with Crippen molar-refractivity contribution in [3.05, 3.63) is 35.9 Å². The van der Waals surface area contributed by atoms with Crippen molar-refractivity contribution in [3.63, 3.8) is 0 Å². The van der Waals surface area contributed by atoms with E-state index < -0.39 is 29.6 Å². The Morgan fingerprint density at radius 1 is 1.16 bits per heavy atom. The minimum Gasteiger partial charge on any atom is -0.478 e. The molecule has 0 aliphatic heterocycles. The Hall–Kier alpha value is -1.70. The summed E-state index contributed by atoms with van der Waals surface area (Å²) in [5.41, 5.74) is 0.458. The van der Waals surface area contributed by atoms with Gasteiger partial charge in [0.2, 0.25) is 0 Å². The quantitative estimate of drug-likeness (QED) is 0.513. The molecule has 0 heterocycles. The zero-order valence-corrected chi connectivity index (χ0v) is 9.49. The molecule has 1 aromatic rings. The molecule has 8 heteroatoms. The number of nitrogens with zero attached hydrogens (tertiary/aromatic N) is 1. The van der Waals surface area contributed by atoms with E-state index in [1.165, 1.54) is 12.1 Å². The van der Waals surface area contributed by atoms with Crippen molar-refractivity contribution in [1.82, 2.24) is 5.12 Å². The smallest absolute Gasteiger partial charge is 0.450 e. The number of benzene rings is 1. The predicted molar refractivity (Wildman–Crippen MR) is 55.5 cm³/mol. The van der Waals surface area contributed by atoms with Gasteiger partial charge >= 0.3 is 17.9 Å². The van der Waals surface area contributed by atoms with Gasteiger partial charge in [-0.1, -0.05) is 35.5 Å². The van der Waals surface area contributed by atoms with E-state index in [0.717, 1.165) is 0 Å². The summed E-state index contributed by atoms with van der Waals surface area (Å²) in [6, 6.07) is 7.79. The molecule has 1 aromatic carbocycles. The van der Waals surface area contributed by atoms with Crippen LogP contribution in [0.25, 0.3) is 0 Å². The number of carbonyl (C=O) groups is 1. The van der Waals surface area contributed by atoms with Crippen molar-refractivity contribution in [1.29, 1.82) is 0 Å². The number of rotatable bonds is 5. The monoisotopic (exact) mass is 283 g/mol. The second-order valence-corrected chi connectivity index (χ2v) is 3.75. The summed E-state index contributed by atoms with van der Waals surface area (Å²) < 4.78 is 63.5. The van der Waals surface area contributed by atoms with Crippen molar-refractivity contribution in [3.8, 4) is 0 Å². The fourth-order valence-corrected chi connectivity index (χ4v) is 1.39. The summed E-state index contributed by atoms with van der Waals surface area (Å²) >= 11 is 0. The maximum absolute atomic E-state index is 13.3. The van der Waals surface area contributed by atoms with Crippen molar-refractivity contribution < 1.29 is 31.9 Å². The molecular formula is C11H10F5NO2. The Balaban J connectivity index is 2.80. The largest absolute Gasteiger partial charge is 0.478 e. The van der Waals surface area contributed by atoms with Gasteiger partial charge in [0.1, 0.15) is 0 Å². The molecule has 1 atom stereocenters. The van der Waals surface area contributed by atoms with Crippen LogP contribution in [0.2, 0.25) is 0 Å². The van der Waals surface area contributed by atoms with Crippen LogP contribution in [0.15, 0.2) is 30.3 Å². The van der Waals surface area contributed by atoms with Crippen LogP contribution >= 0.6 is 0 Å². The van der Waals surface area contributed by atoms with Gasteiger partial charge in [-0.2, -0.15) is 13.2 Å². The summed E-state index contributed by atoms with van der Waals surface area (Å²) in [7, 11) is 0. The van der Waals surface area contributed by atoms with E-state index in [-0.39, 0.29) is 6.42 Å². The van der Waals surface area contributed by atoms with E-state index in [1.807, 2.05) is 0 Å². The van der Waals surface area contributed by atoms with Gasteiger partial charge in [-0.25, -0.2) is 9.18 Å². The summed E-state index contributed by atoms with van der Waals surface area (Å²) in [5, 5.41) is 6.91. The number of alkyl halides is 4. The SMILES string of the molecule is O=C(O)[C@@](F)(N(F)CCc1ccccc1)C(F)(F)F. The minimum absolute atomic E-state index is 0.258. The lowest BCUT2D eigenvalue weighted by Gasteiger charge is -2.28. The molecular weight excluding hydrogens is 273 g/mol. The standard InChI is InChI=1S/C11H10F5NO2/c12-10(9(18)19,11(13,14)15)17(16)7-6-8-4-2-1-3-5-8/h1-5H,6-7H2,(H,18,19)/t10-/m1/s1. The van der Waals surface area contributed by atoms with Gasteiger partial charge in [-0.3, -0.25) is 0 Å². The van der Waals surface area contributed by atoms with Crippen molar-refractivity contribution >= 4 is 5.97 Å². The Morgan fingerprint density at radius 2 is 1.68 bits per heavy atom. The molecule has 0 fully saturated rings. The summed E-state index contributed by atoms with van der Waals surface area (Å²) in [5.74, 6) is -7.97. The van der Waals surface area contributed by atoms with Crippen LogP contribution in [-0.4, -0.2) is 34.7 Å². The van der Waals surface area contributed by atoms with Crippen molar-refractivity contribution in [2.45, 2.75) is 18.4 Å². The molecule has 0 spiro atoms. The average molecular weight is 283 g/mol. The fraction of sp³-hybridized carbons (Fsp3) is 0.364. The Morgan fingerprint density at radius 3 is 2.11 bits per heavy atom. The van der Waals surface area contributed by atoms with Gasteiger partial charge in [0.05, 0.1) is 0 Å². The first kappa shape index (κ1) is 15.4. The number of hydrogen-bond acceptors (Lipinski definition) is 2. The predicted octanol–water partition coefficient (Wildman–Crippen LogP) is 2.73. The lowest BCUT2D eigenvalue weighted by Crippen LogP contribution is -2.58. The summed E-state index contributed by atoms with van der Waals surface area (Å²) in [6.45, 7) is -1.04. The van der Waals surface area contributed by atoms with Gasteiger partial charge in [0, 0.05) is 6.54 Å². The second-order valence-electron chi connectivity index (χ2n) is 3.75. The molecule has 0 saturated heterocycles. The average Bonchev–Trinajstić information content (AvgIpc) is 2.34. The van der Waals surface area contributed by atoms with Crippen LogP contribution in [0.3, 0.4) is 0 Å². The third kappa shape index (κ3) is 3.19. The molecule has 106 valence electrons. The lowest BCUT2D eigenvalue weighted by molar-refractivity contribution is -0.314. The zero-order valence-electron chi connectivity index (χ0n) is 9.49. The van der Waals surface area contributed by atoms with Gasteiger partial charge in [-0.15, -0.1) is 4.48 Å². The van der Waals surface area contributed by atoms with Crippen LogP contribution in [0.5, 0.6) is 0 Å². The molecule has 0 bridgehead atoms. The number of aliphatic carboxylic acids is 1. The van der Waals surface area contributed by atoms with E-state index in [2.05, 4.69) is 0 Å². The molecule has 0 aliphatic rings. The van der Waals surface area contributed by atoms with Gasteiger partial charge < -0.3 is 5.11 Å². The first-order chi connectivity index (χ1) is 8.69. The third-order valence-electron chi connectivity index (χ3n) is 2.43. The molecule has 3 nitrogen and oxygen atoms in total. The molecule has 0 saturated carbocycles. The van der Waals surface area contributed by atoms with E-state index in [1.54, 1.807) is 18.2 Å². The van der Waals surface area contributed by atoms with Crippen LogP contribution in [-0.2, 0) is 11.2 Å². The van der Waals surface area contributed by atoms with Gasteiger partial charge in [0.15, 0.2) is 0 Å². The molecule has 1 N–H and O–H groups in total. The molecule has 0 aliphatic carbocycles. The number of halogens is 5. The van der Waals surface area contributed by atoms with Crippen LogP contribution in [0.1, 0.15) is 5.56 Å². The van der Waals surface area contributed by atoms with Crippen LogP contribution < -0.4 is 0 Å². The van der Waals surface area contributed by atoms with Crippen LogP contribution in [0, 0.1) is 0 Å². The maximum Gasteiger partial charge on any atom is 0.450 e. The topological polar surface area (TPSA) is 40.5 Å². The third-order valence-corrected chi connectivity index (χ3v) is 2.43. The first-order valence-electron chi connectivity index (χ1n) is 5.16. The molecule has 0 aromatic heterocycles.